The normalized spacial score (nSPS) is 32.2. The molecule has 1 unspecified atom stereocenters. The van der Waals surface area contributed by atoms with Crippen molar-refractivity contribution in [3.8, 4) is 11.5 Å². The van der Waals surface area contributed by atoms with E-state index >= 15 is 0 Å². The monoisotopic (exact) mass is 389 g/mol. The molecular weight excluding hydrogens is 354 g/mol. The third-order valence-electron chi connectivity index (χ3n) is 7.20. The van der Waals surface area contributed by atoms with Crippen LogP contribution < -0.4 is 9.47 Å². The standard InChI is InChI=1S/C23H35NO4/c1-21(2,3)17-7-10-24-9-6-8-22(16-17,23(24)27-11-12-28-23)18-13-19(25-4)15-20(14-18)26-5/h13-15,17H,6-12,16H2,1-5H3/t17-,22+/m1/s1. The summed E-state index contributed by atoms with van der Waals surface area (Å²) in [6, 6.07) is 6.29. The zero-order chi connectivity index (χ0) is 20.0. The number of piperidine rings is 1. The first-order chi connectivity index (χ1) is 13.3. The zero-order valence-electron chi connectivity index (χ0n) is 18.0. The second-order valence-corrected chi connectivity index (χ2v) is 9.61. The second-order valence-electron chi connectivity index (χ2n) is 9.61. The summed E-state index contributed by atoms with van der Waals surface area (Å²) in [5, 5.41) is 0. The van der Waals surface area contributed by atoms with Crippen molar-refractivity contribution in [1.29, 1.82) is 0 Å². The summed E-state index contributed by atoms with van der Waals surface area (Å²) in [6.07, 6.45) is 4.40. The van der Waals surface area contributed by atoms with Crippen LogP contribution in [0.25, 0.3) is 0 Å². The highest BCUT2D eigenvalue weighted by Crippen LogP contribution is 2.57. The van der Waals surface area contributed by atoms with Gasteiger partial charge in [-0.1, -0.05) is 20.8 Å². The van der Waals surface area contributed by atoms with Gasteiger partial charge in [0.15, 0.2) is 0 Å². The SMILES string of the molecule is COc1cc(OC)cc([C@]23CCCN(CC[C@@H](C(C)(C)C)C2)C32OCCO2)c1. The van der Waals surface area contributed by atoms with Gasteiger partial charge in [0.05, 0.1) is 32.8 Å². The Hall–Kier alpha value is -1.30. The molecule has 0 aliphatic carbocycles. The number of methoxy groups -OCH3 is 2. The lowest BCUT2D eigenvalue weighted by molar-refractivity contribution is -0.312. The van der Waals surface area contributed by atoms with Crippen LogP contribution in [0, 0.1) is 11.3 Å². The molecule has 5 nitrogen and oxygen atoms in total. The predicted molar refractivity (Wildman–Crippen MR) is 109 cm³/mol. The molecule has 2 bridgehead atoms. The van der Waals surface area contributed by atoms with Gasteiger partial charge in [-0.25, -0.2) is 0 Å². The van der Waals surface area contributed by atoms with E-state index in [4.69, 9.17) is 18.9 Å². The molecule has 5 heteroatoms. The van der Waals surface area contributed by atoms with Crippen LogP contribution in [0.5, 0.6) is 11.5 Å². The molecule has 0 amide bonds. The van der Waals surface area contributed by atoms with E-state index in [1.54, 1.807) is 14.2 Å². The Morgan fingerprint density at radius 3 is 2.21 bits per heavy atom. The number of rotatable bonds is 3. The zero-order valence-corrected chi connectivity index (χ0v) is 18.0. The van der Waals surface area contributed by atoms with Gasteiger partial charge >= 0.3 is 0 Å². The molecule has 1 spiro atoms. The minimum atomic E-state index is -0.678. The molecular formula is C23H35NO4. The molecule has 0 saturated carbocycles. The topological polar surface area (TPSA) is 40.2 Å². The van der Waals surface area contributed by atoms with E-state index in [9.17, 15) is 0 Å². The van der Waals surface area contributed by atoms with Crippen molar-refractivity contribution in [3.05, 3.63) is 23.8 Å². The lowest BCUT2D eigenvalue weighted by Crippen LogP contribution is -2.65. The van der Waals surface area contributed by atoms with Gasteiger partial charge in [-0.3, -0.25) is 4.90 Å². The molecule has 0 aromatic heterocycles. The highest BCUT2D eigenvalue weighted by Gasteiger charge is 2.64. The van der Waals surface area contributed by atoms with E-state index in [1.807, 2.05) is 6.07 Å². The number of ether oxygens (including phenoxy) is 4. The number of nitrogens with zero attached hydrogens (tertiary/aromatic N) is 1. The molecule has 3 aliphatic rings. The fourth-order valence-electron chi connectivity index (χ4n) is 5.63. The van der Waals surface area contributed by atoms with E-state index in [1.165, 1.54) is 12.0 Å². The highest BCUT2D eigenvalue weighted by molar-refractivity contribution is 5.44. The average Bonchev–Trinajstić information content (AvgIpc) is 3.14. The minimum Gasteiger partial charge on any atom is -0.497 e. The van der Waals surface area contributed by atoms with Crippen molar-refractivity contribution in [1.82, 2.24) is 4.90 Å². The van der Waals surface area contributed by atoms with Gasteiger partial charge in [0.2, 0.25) is 5.91 Å². The van der Waals surface area contributed by atoms with Crippen LogP contribution in [-0.2, 0) is 14.9 Å². The first-order valence-electron chi connectivity index (χ1n) is 10.6. The number of hydrogen-bond donors (Lipinski definition) is 0. The van der Waals surface area contributed by atoms with Crippen molar-refractivity contribution >= 4 is 0 Å². The summed E-state index contributed by atoms with van der Waals surface area (Å²) in [5.41, 5.74) is 1.21. The van der Waals surface area contributed by atoms with Crippen molar-refractivity contribution in [2.75, 3.05) is 40.5 Å². The first kappa shape index (κ1) is 20.0. The van der Waals surface area contributed by atoms with Crippen LogP contribution in [0.2, 0.25) is 0 Å². The van der Waals surface area contributed by atoms with Crippen LogP contribution in [0.3, 0.4) is 0 Å². The Morgan fingerprint density at radius 1 is 1.00 bits per heavy atom. The number of hydrogen-bond acceptors (Lipinski definition) is 5. The van der Waals surface area contributed by atoms with E-state index in [-0.39, 0.29) is 10.8 Å². The molecule has 3 aliphatic heterocycles. The Morgan fingerprint density at radius 2 is 1.64 bits per heavy atom. The van der Waals surface area contributed by atoms with E-state index in [0.717, 1.165) is 43.9 Å². The summed E-state index contributed by atoms with van der Waals surface area (Å²) >= 11 is 0. The summed E-state index contributed by atoms with van der Waals surface area (Å²) in [5.74, 6) is 1.55. The molecule has 156 valence electrons. The molecule has 3 heterocycles. The lowest BCUT2D eigenvalue weighted by Gasteiger charge is -2.55. The van der Waals surface area contributed by atoms with Gasteiger partial charge in [0.1, 0.15) is 11.5 Å². The van der Waals surface area contributed by atoms with Crippen molar-refractivity contribution in [3.63, 3.8) is 0 Å². The van der Waals surface area contributed by atoms with Gasteiger partial charge in [-0.05, 0) is 54.7 Å². The van der Waals surface area contributed by atoms with Crippen LogP contribution in [-0.4, -0.2) is 51.3 Å². The maximum absolute atomic E-state index is 6.52. The third-order valence-corrected chi connectivity index (χ3v) is 7.20. The first-order valence-corrected chi connectivity index (χ1v) is 10.6. The van der Waals surface area contributed by atoms with Crippen LogP contribution in [0.15, 0.2) is 18.2 Å². The van der Waals surface area contributed by atoms with Gasteiger partial charge in [-0.15, -0.1) is 0 Å². The fourth-order valence-corrected chi connectivity index (χ4v) is 5.63. The molecule has 1 aromatic rings. The lowest BCUT2D eigenvalue weighted by atomic mass is 9.62. The Labute approximate surface area is 169 Å². The smallest absolute Gasteiger partial charge is 0.240 e. The van der Waals surface area contributed by atoms with Gasteiger partial charge in [-0.2, -0.15) is 0 Å². The largest absolute Gasteiger partial charge is 0.497 e. The van der Waals surface area contributed by atoms with E-state index in [0.29, 0.717) is 19.1 Å². The predicted octanol–water partition coefficient (Wildman–Crippen LogP) is 4.19. The minimum absolute atomic E-state index is 0.231. The summed E-state index contributed by atoms with van der Waals surface area (Å²) in [4.78, 5) is 2.47. The summed E-state index contributed by atoms with van der Waals surface area (Å²) in [7, 11) is 3.43. The molecule has 0 N–H and O–H groups in total. The molecule has 3 atom stereocenters. The highest BCUT2D eigenvalue weighted by atomic mass is 16.8. The van der Waals surface area contributed by atoms with Crippen LogP contribution in [0.4, 0.5) is 0 Å². The molecule has 3 fully saturated rings. The fraction of sp³-hybridized carbons (Fsp3) is 0.739. The Balaban J connectivity index is 1.91. The summed E-state index contributed by atoms with van der Waals surface area (Å²) < 4.78 is 24.3. The van der Waals surface area contributed by atoms with Gasteiger partial charge < -0.3 is 18.9 Å². The van der Waals surface area contributed by atoms with Crippen LogP contribution in [0.1, 0.15) is 52.0 Å². The average molecular weight is 390 g/mol. The van der Waals surface area contributed by atoms with Crippen molar-refractivity contribution in [2.45, 2.75) is 57.8 Å². The van der Waals surface area contributed by atoms with Crippen molar-refractivity contribution in [2.24, 2.45) is 11.3 Å². The molecule has 1 aromatic carbocycles. The maximum atomic E-state index is 6.52. The summed E-state index contributed by atoms with van der Waals surface area (Å²) in [6.45, 7) is 10.4. The van der Waals surface area contributed by atoms with Gasteiger partial charge in [0, 0.05) is 19.2 Å². The third kappa shape index (κ3) is 3.03. The van der Waals surface area contributed by atoms with E-state index in [2.05, 4.69) is 37.8 Å². The molecule has 3 saturated heterocycles. The number of benzene rings is 1. The van der Waals surface area contributed by atoms with Crippen molar-refractivity contribution < 1.29 is 18.9 Å². The Kier molecular flexibility index (Phi) is 5.13. The van der Waals surface area contributed by atoms with E-state index < -0.39 is 5.91 Å². The molecule has 4 rings (SSSR count). The second kappa shape index (κ2) is 7.19. The maximum Gasteiger partial charge on any atom is 0.240 e. The van der Waals surface area contributed by atoms with Crippen LogP contribution >= 0.6 is 0 Å². The molecule has 28 heavy (non-hydrogen) atoms. The quantitative estimate of drug-likeness (QED) is 0.775. The molecule has 0 radical (unpaired) electrons. The Bertz CT molecular complexity index is 685. The van der Waals surface area contributed by atoms with Gasteiger partial charge in [0.25, 0.3) is 0 Å².